The molecule has 0 fully saturated rings. The van der Waals surface area contributed by atoms with E-state index in [0.717, 1.165) is 0 Å². The Balaban J connectivity index is 2.89. The zero-order valence-electron chi connectivity index (χ0n) is 8.27. The Bertz CT molecular complexity index is 353. The van der Waals surface area contributed by atoms with Crippen LogP contribution in [-0.4, -0.2) is 0 Å². The van der Waals surface area contributed by atoms with Crippen LogP contribution in [0.25, 0.3) is 0 Å². The molecule has 14 heavy (non-hydrogen) atoms. The average Bonchev–Trinajstić information content (AvgIpc) is 2.12. The summed E-state index contributed by atoms with van der Waals surface area (Å²) < 4.78 is 13.3. The maximum atomic E-state index is 13.3. The van der Waals surface area contributed by atoms with E-state index in [4.69, 9.17) is 11.6 Å². The molecule has 74 valence electrons. The van der Waals surface area contributed by atoms with Gasteiger partial charge in [0.1, 0.15) is 5.82 Å². The van der Waals surface area contributed by atoms with E-state index in [1.54, 1.807) is 19.1 Å². The van der Waals surface area contributed by atoms with Crippen molar-refractivity contribution in [3.05, 3.63) is 34.6 Å². The van der Waals surface area contributed by atoms with Crippen LogP contribution in [0, 0.1) is 23.6 Å². The fourth-order valence-electron chi connectivity index (χ4n) is 1.33. The third-order valence-electron chi connectivity index (χ3n) is 1.96. The molecule has 0 heterocycles. The largest absolute Gasteiger partial charge is 0.207 e. The minimum atomic E-state index is -0.248. The Hall–Kier alpha value is -1.00. The lowest BCUT2D eigenvalue weighted by atomic mass is 10.0. The zero-order valence-corrected chi connectivity index (χ0v) is 9.03. The molecule has 0 radical (unpaired) electrons. The van der Waals surface area contributed by atoms with E-state index >= 15 is 0 Å². The van der Waals surface area contributed by atoms with Gasteiger partial charge < -0.3 is 0 Å². The molecule has 0 nitrogen and oxygen atoms in total. The highest BCUT2D eigenvalue weighted by Crippen LogP contribution is 2.21. The predicted molar refractivity (Wildman–Crippen MR) is 57.7 cm³/mol. The molecule has 0 aliphatic carbocycles. The Morgan fingerprint density at radius 1 is 1.50 bits per heavy atom. The minimum absolute atomic E-state index is 0.134. The quantitative estimate of drug-likeness (QED) is 0.654. The second-order valence-electron chi connectivity index (χ2n) is 3.20. The summed E-state index contributed by atoms with van der Waals surface area (Å²) in [6.07, 6.45) is 0.562. The number of hydrogen-bond acceptors (Lipinski definition) is 0. The molecule has 2 heteroatoms. The predicted octanol–water partition coefficient (Wildman–Crippen LogP) is 3.68. The van der Waals surface area contributed by atoms with Crippen molar-refractivity contribution in [2.45, 2.75) is 20.3 Å². The molecule has 0 amide bonds. The standard InChI is InChI=1S/C12H12ClF/c1-3-5-9(2)8-10-11(13)6-4-7-12(10)14/h4,6-7,9H,8H2,1-2H3. The van der Waals surface area contributed by atoms with Crippen LogP contribution in [0.4, 0.5) is 4.39 Å². The number of hydrogen-bond donors (Lipinski definition) is 0. The highest BCUT2D eigenvalue weighted by atomic mass is 35.5. The van der Waals surface area contributed by atoms with E-state index in [9.17, 15) is 4.39 Å². The summed E-state index contributed by atoms with van der Waals surface area (Å²) in [7, 11) is 0. The van der Waals surface area contributed by atoms with Crippen molar-refractivity contribution in [2.75, 3.05) is 0 Å². The van der Waals surface area contributed by atoms with Crippen molar-refractivity contribution in [3.63, 3.8) is 0 Å². The van der Waals surface area contributed by atoms with E-state index in [1.807, 2.05) is 6.92 Å². The monoisotopic (exact) mass is 210 g/mol. The summed E-state index contributed by atoms with van der Waals surface area (Å²) in [5, 5.41) is 0.481. The highest BCUT2D eigenvalue weighted by Gasteiger charge is 2.09. The lowest BCUT2D eigenvalue weighted by Crippen LogP contribution is -2.00. The van der Waals surface area contributed by atoms with Crippen LogP contribution in [-0.2, 0) is 6.42 Å². The van der Waals surface area contributed by atoms with E-state index in [1.165, 1.54) is 6.07 Å². The molecule has 0 aliphatic heterocycles. The molecule has 0 saturated carbocycles. The van der Waals surface area contributed by atoms with Gasteiger partial charge in [0.2, 0.25) is 0 Å². The van der Waals surface area contributed by atoms with Gasteiger partial charge in [-0.1, -0.05) is 24.6 Å². The van der Waals surface area contributed by atoms with Gasteiger partial charge in [-0.2, -0.15) is 0 Å². The fourth-order valence-corrected chi connectivity index (χ4v) is 1.57. The van der Waals surface area contributed by atoms with Crippen molar-refractivity contribution in [1.82, 2.24) is 0 Å². The summed E-state index contributed by atoms with van der Waals surface area (Å²) in [5.74, 6) is 5.67. The summed E-state index contributed by atoms with van der Waals surface area (Å²) in [4.78, 5) is 0. The van der Waals surface area contributed by atoms with Gasteiger partial charge in [0.25, 0.3) is 0 Å². The Morgan fingerprint density at radius 3 is 2.79 bits per heavy atom. The van der Waals surface area contributed by atoms with Crippen molar-refractivity contribution >= 4 is 11.6 Å². The molecule has 0 N–H and O–H groups in total. The van der Waals surface area contributed by atoms with Gasteiger partial charge in [-0.25, -0.2) is 4.39 Å². The summed E-state index contributed by atoms with van der Waals surface area (Å²) in [5.41, 5.74) is 0.560. The topological polar surface area (TPSA) is 0 Å². The van der Waals surface area contributed by atoms with Crippen molar-refractivity contribution in [2.24, 2.45) is 5.92 Å². The lowest BCUT2D eigenvalue weighted by molar-refractivity contribution is 0.595. The Morgan fingerprint density at radius 2 is 2.21 bits per heavy atom. The first-order valence-corrected chi connectivity index (χ1v) is 4.88. The number of benzene rings is 1. The molecule has 1 rings (SSSR count). The second-order valence-corrected chi connectivity index (χ2v) is 3.61. The summed E-state index contributed by atoms with van der Waals surface area (Å²) in [6.45, 7) is 3.73. The van der Waals surface area contributed by atoms with Crippen LogP contribution in [0.1, 0.15) is 19.4 Å². The lowest BCUT2D eigenvalue weighted by Gasteiger charge is -2.07. The molecule has 0 aromatic heterocycles. The molecule has 1 aromatic rings. The zero-order chi connectivity index (χ0) is 10.6. The molecule has 1 aromatic carbocycles. The average molecular weight is 211 g/mol. The molecular weight excluding hydrogens is 199 g/mol. The molecule has 0 spiro atoms. The van der Waals surface area contributed by atoms with E-state index < -0.39 is 0 Å². The maximum Gasteiger partial charge on any atom is 0.127 e. The molecule has 0 saturated heterocycles. The van der Waals surface area contributed by atoms with Crippen LogP contribution in [0.5, 0.6) is 0 Å². The first-order chi connectivity index (χ1) is 6.65. The van der Waals surface area contributed by atoms with Gasteiger partial charge in [0, 0.05) is 16.5 Å². The third-order valence-corrected chi connectivity index (χ3v) is 2.32. The minimum Gasteiger partial charge on any atom is -0.207 e. The van der Waals surface area contributed by atoms with Crippen LogP contribution >= 0.6 is 11.6 Å². The van der Waals surface area contributed by atoms with E-state index in [0.29, 0.717) is 17.0 Å². The van der Waals surface area contributed by atoms with Gasteiger partial charge in [0.05, 0.1) is 0 Å². The molecule has 1 unspecified atom stereocenters. The van der Waals surface area contributed by atoms with Crippen LogP contribution in [0.3, 0.4) is 0 Å². The first kappa shape index (κ1) is 11.1. The molecule has 1 atom stereocenters. The molecular formula is C12H12ClF. The van der Waals surface area contributed by atoms with Gasteiger partial charge >= 0.3 is 0 Å². The number of rotatable bonds is 2. The van der Waals surface area contributed by atoms with Gasteiger partial charge in [-0.3, -0.25) is 0 Å². The normalized spacial score (nSPS) is 11.7. The molecule has 0 bridgehead atoms. The first-order valence-electron chi connectivity index (χ1n) is 4.50. The third kappa shape index (κ3) is 2.75. The SMILES string of the molecule is CC#CC(C)Cc1c(F)cccc1Cl. The van der Waals surface area contributed by atoms with Gasteiger partial charge in [0.15, 0.2) is 0 Å². The van der Waals surface area contributed by atoms with Crippen LogP contribution in [0.2, 0.25) is 5.02 Å². The van der Waals surface area contributed by atoms with Gasteiger partial charge in [-0.05, 0) is 25.5 Å². The van der Waals surface area contributed by atoms with Crippen molar-refractivity contribution in [3.8, 4) is 11.8 Å². The Kier molecular flexibility index (Phi) is 3.98. The summed E-state index contributed by atoms with van der Waals surface area (Å²) in [6, 6.07) is 4.73. The van der Waals surface area contributed by atoms with E-state index in [-0.39, 0.29) is 11.7 Å². The number of halogens is 2. The fraction of sp³-hybridized carbons (Fsp3) is 0.333. The smallest absolute Gasteiger partial charge is 0.127 e. The maximum absolute atomic E-state index is 13.3. The van der Waals surface area contributed by atoms with Crippen LogP contribution < -0.4 is 0 Å². The Labute approximate surface area is 89.1 Å². The molecule has 0 aliphatic rings. The summed E-state index contributed by atoms with van der Waals surface area (Å²) >= 11 is 5.89. The van der Waals surface area contributed by atoms with E-state index in [2.05, 4.69) is 11.8 Å². The van der Waals surface area contributed by atoms with Crippen molar-refractivity contribution < 1.29 is 4.39 Å². The second kappa shape index (κ2) is 5.02. The highest BCUT2D eigenvalue weighted by molar-refractivity contribution is 6.31. The van der Waals surface area contributed by atoms with Crippen LogP contribution in [0.15, 0.2) is 18.2 Å². The van der Waals surface area contributed by atoms with Crippen molar-refractivity contribution in [1.29, 1.82) is 0 Å². The van der Waals surface area contributed by atoms with Gasteiger partial charge in [-0.15, -0.1) is 11.8 Å².